The van der Waals surface area contributed by atoms with Crippen LogP contribution in [0.5, 0.6) is 0 Å². The molecule has 0 heterocycles. The Kier molecular flexibility index (Phi) is 4.01. The maximum atomic E-state index is 11.5. The molecule has 18 heavy (non-hydrogen) atoms. The van der Waals surface area contributed by atoms with E-state index in [2.05, 4.69) is 21.2 Å². The Morgan fingerprint density at radius 2 is 2.00 bits per heavy atom. The molecule has 0 radical (unpaired) electrons. The van der Waals surface area contributed by atoms with E-state index in [4.69, 9.17) is 4.74 Å². The highest BCUT2D eigenvalue weighted by Crippen LogP contribution is 2.38. The van der Waals surface area contributed by atoms with Crippen LogP contribution in [-0.4, -0.2) is 18.5 Å². The number of rotatable bonds is 4. The first kappa shape index (κ1) is 13.1. The largest absolute Gasteiger partial charge is 0.455 e. The van der Waals surface area contributed by atoms with Gasteiger partial charge in [0.25, 0.3) is 5.91 Å². The minimum absolute atomic E-state index is 0.00881. The Hall–Kier alpha value is -1.36. The summed E-state index contributed by atoms with van der Waals surface area (Å²) in [6.07, 6.45) is 0.868. The minimum atomic E-state index is -0.320. The molecule has 0 aliphatic heterocycles. The monoisotopic (exact) mass is 311 g/mol. The zero-order valence-electron chi connectivity index (χ0n) is 9.98. The number of halogens is 1. The van der Waals surface area contributed by atoms with Gasteiger partial charge in [-0.3, -0.25) is 9.59 Å². The van der Waals surface area contributed by atoms with Crippen LogP contribution in [0.15, 0.2) is 28.7 Å². The van der Waals surface area contributed by atoms with Crippen LogP contribution in [0.2, 0.25) is 0 Å². The first-order valence-corrected chi connectivity index (χ1v) is 6.57. The molecule has 0 aromatic heterocycles. The maximum Gasteiger partial charge on any atom is 0.309 e. The van der Waals surface area contributed by atoms with Crippen LogP contribution in [0.25, 0.3) is 0 Å². The number of ether oxygens (including phenoxy) is 1. The summed E-state index contributed by atoms with van der Waals surface area (Å²) in [4.78, 5) is 22.9. The van der Waals surface area contributed by atoms with Crippen LogP contribution in [0.4, 0.5) is 5.69 Å². The second kappa shape index (κ2) is 5.52. The van der Waals surface area contributed by atoms with E-state index in [-0.39, 0.29) is 24.4 Å². The van der Waals surface area contributed by atoms with Gasteiger partial charge in [0, 0.05) is 10.2 Å². The standard InChI is InChI=1S/C13H14BrNO3/c1-8-6-11(8)13(17)18-7-12(16)15-10-4-2-9(14)3-5-10/h2-5,8,11H,6-7H2,1H3,(H,15,16)/t8-,11+/m0/s1. The van der Waals surface area contributed by atoms with E-state index in [0.717, 1.165) is 10.9 Å². The summed E-state index contributed by atoms with van der Waals surface area (Å²) < 4.78 is 5.87. The fourth-order valence-corrected chi connectivity index (χ4v) is 1.89. The molecule has 4 nitrogen and oxygen atoms in total. The molecule has 2 rings (SSSR count). The molecule has 1 amide bonds. The van der Waals surface area contributed by atoms with Crippen molar-refractivity contribution < 1.29 is 14.3 Å². The normalized spacial score (nSPS) is 21.2. The van der Waals surface area contributed by atoms with Gasteiger partial charge in [0.05, 0.1) is 5.92 Å². The minimum Gasteiger partial charge on any atom is -0.455 e. The Labute approximate surface area is 114 Å². The molecular formula is C13H14BrNO3. The van der Waals surface area contributed by atoms with Crippen molar-refractivity contribution in [3.8, 4) is 0 Å². The summed E-state index contributed by atoms with van der Waals surface area (Å²) >= 11 is 3.31. The van der Waals surface area contributed by atoms with Crippen LogP contribution in [0.1, 0.15) is 13.3 Å². The fraction of sp³-hybridized carbons (Fsp3) is 0.385. The van der Waals surface area contributed by atoms with Crippen molar-refractivity contribution in [3.63, 3.8) is 0 Å². The van der Waals surface area contributed by atoms with Gasteiger partial charge in [-0.1, -0.05) is 22.9 Å². The van der Waals surface area contributed by atoms with Crippen LogP contribution in [-0.2, 0) is 14.3 Å². The van der Waals surface area contributed by atoms with E-state index in [1.54, 1.807) is 12.1 Å². The van der Waals surface area contributed by atoms with Gasteiger partial charge in [0.1, 0.15) is 0 Å². The molecule has 1 saturated carbocycles. The highest BCUT2D eigenvalue weighted by atomic mass is 79.9. The predicted octanol–water partition coefficient (Wildman–Crippen LogP) is 2.59. The van der Waals surface area contributed by atoms with Gasteiger partial charge >= 0.3 is 5.97 Å². The molecular weight excluding hydrogens is 298 g/mol. The number of nitrogens with one attached hydrogen (secondary N) is 1. The lowest BCUT2D eigenvalue weighted by atomic mass is 10.3. The van der Waals surface area contributed by atoms with E-state index in [1.165, 1.54) is 0 Å². The van der Waals surface area contributed by atoms with Gasteiger partial charge in [-0.05, 0) is 36.6 Å². The molecule has 96 valence electrons. The summed E-state index contributed by atoms with van der Waals surface area (Å²) in [6, 6.07) is 7.19. The molecule has 1 aromatic carbocycles. The lowest BCUT2D eigenvalue weighted by Crippen LogP contribution is -2.21. The second-order valence-electron chi connectivity index (χ2n) is 4.48. The molecule has 0 spiro atoms. The molecule has 1 aliphatic rings. The van der Waals surface area contributed by atoms with Crippen molar-refractivity contribution >= 4 is 33.5 Å². The summed E-state index contributed by atoms with van der Waals surface area (Å²) in [6.45, 7) is 1.77. The average molecular weight is 312 g/mol. The van der Waals surface area contributed by atoms with Crippen LogP contribution in [0, 0.1) is 11.8 Å². The third kappa shape index (κ3) is 3.57. The topological polar surface area (TPSA) is 55.4 Å². The van der Waals surface area contributed by atoms with E-state index in [1.807, 2.05) is 19.1 Å². The molecule has 1 aromatic rings. The van der Waals surface area contributed by atoms with Gasteiger partial charge < -0.3 is 10.1 Å². The van der Waals surface area contributed by atoms with Crippen molar-refractivity contribution in [2.24, 2.45) is 11.8 Å². The average Bonchev–Trinajstić information content (AvgIpc) is 3.06. The van der Waals surface area contributed by atoms with Gasteiger partial charge in [-0.15, -0.1) is 0 Å². The zero-order valence-corrected chi connectivity index (χ0v) is 11.6. The van der Waals surface area contributed by atoms with Crippen molar-refractivity contribution in [2.75, 3.05) is 11.9 Å². The van der Waals surface area contributed by atoms with Crippen LogP contribution in [0.3, 0.4) is 0 Å². The van der Waals surface area contributed by atoms with Crippen molar-refractivity contribution in [2.45, 2.75) is 13.3 Å². The number of hydrogen-bond acceptors (Lipinski definition) is 3. The van der Waals surface area contributed by atoms with Crippen LogP contribution >= 0.6 is 15.9 Å². The first-order chi connectivity index (χ1) is 8.56. The van der Waals surface area contributed by atoms with Gasteiger partial charge in [0.15, 0.2) is 6.61 Å². The number of benzene rings is 1. The molecule has 1 N–H and O–H groups in total. The zero-order chi connectivity index (χ0) is 13.1. The van der Waals surface area contributed by atoms with Gasteiger partial charge in [-0.2, -0.15) is 0 Å². The lowest BCUT2D eigenvalue weighted by molar-refractivity contribution is -0.148. The third-order valence-corrected chi connectivity index (χ3v) is 3.41. The Morgan fingerprint density at radius 1 is 1.39 bits per heavy atom. The van der Waals surface area contributed by atoms with E-state index < -0.39 is 0 Å². The molecule has 5 heteroatoms. The highest BCUT2D eigenvalue weighted by Gasteiger charge is 2.40. The molecule has 2 atom stereocenters. The summed E-state index contributed by atoms with van der Waals surface area (Å²) in [5, 5.41) is 2.66. The maximum absolute atomic E-state index is 11.5. The summed E-state index contributed by atoms with van der Waals surface area (Å²) in [5.41, 5.74) is 0.680. The van der Waals surface area contributed by atoms with Gasteiger partial charge in [-0.25, -0.2) is 0 Å². The number of anilines is 1. The first-order valence-electron chi connectivity index (χ1n) is 5.78. The number of amides is 1. The third-order valence-electron chi connectivity index (χ3n) is 2.89. The van der Waals surface area contributed by atoms with Crippen LogP contribution < -0.4 is 5.32 Å². The quantitative estimate of drug-likeness (QED) is 0.870. The van der Waals surface area contributed by atoms with Gasteiger partial charge in [0.2, 0.25) is 0 Å². The number of carbonyl (C=O) groups excluding carboxylic acids is 2. The highest BCUT2D eigenvalue weighted by molar-refractivity contribution is 9.10. The smallest absolute Gasteiger partial charge is 0.309 e. The summed E-state index contributed by atoms with van der Waals surface area (Å²) in [5.74, 6) is -0.204. The molecule has 0 unspecified atom stereocenters. The van der Waals surface area contributed by atoms with E-state index in [9.17, 15) is 9.59 Å². The lowest BCUT2D eigenvalue weighted by Gasteiger charge is -2.06. The molecule has 0 bridgehead atoms. The Balaban J connectivity index is 1.75. The molecule has 1 fully saturated rings. The second-order valence-corrected chi connectivity index (χ2v) is 5.40. The van der Waals surface area contributed by atoms with Crippen molar-refractivity contribution in [3.05, 3.63) is 28.7 Å². The number of hydrogen-bond donors (Lipinski definition) is 1. The predicted molar refractivity (Wildman–Crippen MR) is 71.0 cm³/mol. The molecule has 0 saturated heterocycles. The number of esters is 1. The Morgan fingerprint density at radius 3 is 2.56 bits per heavy atom. The molecule has 1 aliphatic carbocycles. The Bertz CT molecular complexity index is 458. The van der Waals surface area contributed by atoms with Crippen molar-refractivity contribution in [1.82, 2.24) is 0 Å². The van der Waals surface area contributed by atoms with E-state index >= 15 is 0 Å². The van der Waals surface area contributed by atoms with E-state index in [0.29, 0.717) is 11.6 Å². The van der Waals surface area contributed by atoms with Crippen molar-refractivity contribution in [1.29, 1.82) is 0 Å². The summed E-state index contributed by atoms with van der Waals surface area (Å²) in [7, 11) is 0. The fourth-order valence-electron chi connectivity index (χ4n) is 1.62. The number of carbonyl (C=O) groups is 2. The SMILES string of the molecule is C[C@H]1C[C@H]1C(=O)OCC(=O)Nc1ccc(Br)cc1.